The molecule has 3 aromatic rings. The third-order valence-electron chi connectivity index (χ3n) is 5.70. The average Bonchev–Trinajstić information content (AvgIpc) is 3.13. The number of fused-ring (bicyclic) bond motifs is 1. The number of benzene rings is 2. The van der Waals surface area contributed by atoms with Crippen LogP contribution in [0.2, 0.25) is 0 Å². The third-order valence-corrected chi connectivity index (χ3v) is 5.70. The van der Waals surface area contributed by atoms with E-state index in [0.29, 0.717) is 6.04 Å². The molecule has 1 aliphatic rings. The molecule has 1 aromatic heterocycles. The first-order valence-electron chi connectivity index (χ1n) is 10.1. The van der Waals surface area contributed by atoms with Crippen molar-refractivity contribution >= 4 is 16.9 Å². The third kappa shape index (κ3) is 3.75. The number of aromatic nitrogens is 2. The standard InChI is InChI=1S/C23H27N3O/c1-2-26(20-8-4-3-5-9-20)23(27)19-14-12-18(13-15-19)16-25-17-24-21-10-6-7-11-22(21)25/h6-7,10-15,17,20H,2-5,8-9,16H2,1H3. The Labute approximate surface area is 160 Å². The zero-order valence-corrected chi connectivity index (χ0v) is 16.0. The van der Waals surface area contributed by atoms with Gasteiger partial charge in [0.25, 0.3) is 5.91 Å². The zero-order chi connectivity index (χ0) is 18.6. The molecule has 140 valence electrons. The Morgan fingerprint density at radius 3 is 2.56 bits per heavy atom. The highest BCUT2D eigenvalue weighted by Gasteiger charge is 2.24. The van der Waals surface area contributed by atoms with Gasteiger partial charge in [0.1, 0.15) is 0 Å². The second-order valence-corrected chi connectivity index (χ2v) is 7.44. The van der Waals surface area contributed by atoms with Gasteiger partial charge in [-0.15, -0.1) is 0 Å². The van der Waals surface area contributed by atoms with E-state index >= 15 is 0 Å². The van der Waals surface area contributed by atoms with E-state index in [-0.39, 0.29) is 5.91 Å². The molecule has 4 rings (SSSR count). The van der Waals surface area contributed by atoms with Crippen molar-refractivity contribution in [1.29, 1.82) is 0 Å². The first kappa shape index (κ1) is 17.8. The summed E-state index contributed by atoms with van der Waals surface area (Å²) in [4.78, 5) is 19.5. The Balaban J connectivity index is 1.48. The van der Waals surface area contributed by atoms with Gasteiger partial charge in [-0.3, -0.25) is 4.79 Å². The predicted molar refractivity (Wildman–Crippen MR) is 109 cm³/mol. The summed E-state index contributed by atoms with van der Waals surface area (Å²) >= 11 is 0. The molecule has 1 fully saturated rings. The maximum absolute atomic E-state index is 13.0. The molecule has 0 unspecified atom stereocenters. The molecule has 1 amide bonds. The number of hydrogen-bond donors (Lipinski definition) is 0. The monoisotopic (exact) mass is 361 g/mol. The minimum atomic E-state index is 0.170. The van der Waals surface area contributed by atoms with Crippen molar-refractivity contribution in [2.45, 2.75) is 51.6 Å². The molecule has 1 aliphatic carbocycles. The van der Waals surface area contributed by atoms with Crippen LogP contribution < -0.4 is 0 Å². The molecule has 1 heterocycles. The molecule has 1 saturated carbocycles. The molecule has 27 heavy (non-hydrogen) atoms. The Kier molecular flexibility index (Phi) is 5.23. The topological polar surface area (TPSA) is 38.1 Å². The fraction of sp³-hybridized carbons (Fsp3) is 0.391. The lowest BCUT2D eigenvalue weighted by Gasteiger charge is -2.33. The van der Waals surface area contributed by atoms with Crippen molar-refractivity contribution in [3.63, 3.8) is 0 Å². The molecular weight excluding hydrogens is 334 g/mol. The lowest BCUT2D eigenvalue weighted by molar-refractivity contribution is 0.0648. The Bertz CT molecular complexity index is 907. The molecular formula is C23H27N3O. The van der Waals surface area contributed by atoms with Gasteiger partial charge in [0.15, 0.2) is 0 Å². The summed E-state index contributed by atoms with van der Waals surface area (Å²) in [5.41, 5.74) is 4.11. The minimum absolute atomic E-state index is 0.170. The summed E-state index contributed by atoms with van der Waals surface area (Å²) in [6, 6.07) is 16.6. The summed E-state index contributed by atoms with van der Waals surface area (Å²) in [6.45, 7) is 3.63. The van der Waals surface area contributed by atoms with Crippen molar-refractivity contribution in [2.75, 3.05) is 6.54 Å². The number of rotatable bonds is 5. The highest BCUT2D eigenvalue weighted by atomic mass is 16.2. The second-order valence-electron chi connectivity index (χ2n) is 7.44. The molecule has 0 atom stereocenters. The fourth-order valence-corrected chi connectivity index (χ4v) is 4.21. The highest BCUT2D eigenvalue weighted by Crippen LogP contribution is 2.24. The van der Waals surface area contributed by atoms with Gasteiger partial charge in [0, 0.05) is 24.7 Å². The molecule has 0 N–H and O–H groups in total. The number of carbonyl (C=O) groups is 1. The van der Waals surface area contributed by atoms with Crippen LogP contribution >= 0.6 is 0 Å². The minimum Gasteiger partial charge on any atom is -0.336 e. The summed E-state index contributed by atoms with van der Waals surface area (Å²) < 4.78 is 2.15. The normalized spacial score (nSPS) is 15.1. The van der Waals surface area contributed by atoms with E-state index in [1.807, 2.05) is 36.7 Å². The summed E-state index contributed by atoms with van der Waals surface area (Å²) in [5, 5.41) is 0. The van der Waals surface area contributed by atoms with E-state index in [2.05, 4.69) is 39.6 Å². The van der Waals surface area contributed by atoms with Crippen LogP contribution in [0.5, 0.6) is 0 Å². The van der Waals surface area contributed by atoms with Crippen LogP contribution in [0.1, 0.15) is 54.9 Å². The van der Waals surface area contributed by atoms with Crippen molar-refractivity contribution in [3.05, 3.63) is 66.0 Å². The molecule has 4 heteroatoms. The van der Waals surface area contributed by atoms with Crippen LogP contribution in [0.4, 0.5) is 0 Å². The van der Waals surface area contributed by atoms with E-state index in [1.54, 1.807) is 0 Å². The maximum Gasteiger partial charge on any atom is 0.254 e. The Hall–Kier alpha value is -2.62. The van der Waals surface area contributed by atoms with E-state index in [4.69, 9.17) is 0 Å². The van der Waals surface area contributed by atoms with E-state index in [0.717, 1.165) is 42.5 Å². The molecule has 0 radical (unpaired) electrons. The largest absolute Gasteiger partial charge is 0.336 e. The van der Waals surface area contributed by atoms with Crippen molar-refractivity contribution in [1.82, 2.24) is 14.5 Å². The molecule has 0 aliphatic heterocycles. The summed E-state index contributed by atoms with van der Waals surface area (Å²) in [7, 11) is 0. The molecule has 0 saturated heterocycles. The van der Waals surface area contributed by atoms with E-state index < -0.39 is 0 Å². The van der Waals surface area contributed by atoms with Crippen LogP contribution in [0, 0.1) is 0 Å². The lowest BCUT2D eigenvalue weighted by Crippen LogP contribution is -2.41. The highest BCUT2D eigenvalue weighted by molar-refractivity contribution is 5.94. The van der Waals surface area contributed by atoms with Crippen LogP contribution in [0.15, 0.2) is 54.9 Å². The predicted octanol–water partition coefficient (Wildman–Crippen LogP) is 4.88. The van der Waals surface area contributed by atoms with Crippen LogP contribution in [0.3, 0.4) is 0 Å². The van der Waals surface area contributed by atoms with Crippen molar-refractivity contribution in [2.24, 2.45) is 0 Å². The zero-order valence-electron chi connectivity index (χ0n) is 16.0. The summed E-state index contributed by atoms with van der Waals surface area (Å²) in [5.74, 6) is 0.170. The lowest BCUT2D eigenvalue weighted by atomic mass is 9.93. The first-order chi connectivity index (χ1) is 13.3. The maximum atomic E-state index is 13.0. The quantitative estimate of drug-likeness (QED) is 0.649. The van der Waals surface area contributed by atoms with Gasteiger partial charge in [-0.1, -0.05) is 43.5 Å². The first-order valence-corrected chi connectivity index (χ1v) is 10.1. The van der Waals surface area contributed by atoms with Gasteiger partial charge in [0.05, 0.1) is 17.4 Å². The number of nitrogens with zero attached hydrogens (tertiary/aromatic N) is 3. The van der Waals surface area contributed by atoms with Crippen LogP contribution in [-0.4, -0.2) is 32.9 Å². The van der Waals surface area contributed by atoms with Gasteiger partial charge in [-0.25, -0.2) is 4.98 Å². The Morgan fingerprint density at radius 1 is 1.07 bits per heavy atom. The Morgan fingerprint density at radius 2 is 1.81 bits per heavy atom. The van der Waals surface area contributed by atoms with Crippen LogP contribution in [-0.2, 0) is 6.54 Å². The number of carbonyl (C=O) groups excluding carboxylic acids is 1. The number of amides is 1. The molecule has 0 spiro atoms. The van der Waals surface area contributed by atoms with Gasteiger partial charge >= 0.3 is 0 Å². The van der Waals surface area contributed by atoms with Gasteiger partial charge in [-0.2, -0.15) is 0 Å². The number of hydrogen-bond acceptors (Lipinski definition) is 2. The number of para-hydroxylation sites is 2. The molecule has 0 bridgehead atoms. The molecule has 4 nitrogen and oxygen atoms in total. The number of imidazole rings is 1. The average molecular weight is 361 g/mol. The van der Waals surface area contributed by atoms with E-state index in [1.165, 1.54) is 24.8 Å². The summed E-state index contributed by atoms with van der Waals surface area (Å²) in [6.07, 6.45) is 7.96. The second kappa shape index (κ2) is 7.95. The van der Waals surface area contributed by atoms with Crippen molar-refractivity contribution in [3.8, 4) is 0 Å². The smallest absolute Gasteiger partial charge is 0.254 e. The van der Waals surface area contributed by atoms with Crippen LogP contribution in [0.25, 0.3) is 11.0 Å². The van der Waals surface area contributed by atoms with Gasteiger partial charge < -0.3 is 9.47 Å². The fourth-order valence-electron chi connectivity index (χ4n) is 4.21. The molecule has 2 aromatic carbocycles. The van der Waals surface area contributed by atoms with Crippen molar-refractivity contribution < 1.29 is 4.79 Å². The SMILES string of the molecule is CCN(C(=O)c1ccc(Cn2cnc3ccccc32)cc1)C1CCCCC1. The van der Waals surface area contributed by atoms with E-state index in [9.17, 15) is 4.79 Å². The van der Waals surface area contributed by atoms with Gasteiger partial charge in [0.2, 0.25) is 0 Å². The van der Waals surface area contributed by atoms with Gasteiger partial charge in [-0.05, 0) is 49.6 Å².